The Kier molecular flexibility index (Phi) is 6.57. The SMILES string of the molecule is COc1ccc(/C=C(\C#N)C(=O)c2ccccc2C)cc1OCC(C)C. The highest BCUT2D eigenvalue weighted by Gasteiger charge is 2.15. The molecule has 0 heterocycles. The molecule has 0 aliphatic carbocycles. The van der Waals surface area contributed by atoms with Gasteiger partial charge in [0.1, 0.15) is 11.6 Å². The summed E-state index contributed by atoms with van der Waals surface area (Å²) in [4.78, 5) is 12.7. The second kappa shape index (κ2) is 8.87. The average molecular weight is 349 g/mol. The van der Waals surface area contributed by atoms with Crippen LogP contribution in [0.1, 0.15) is 35.3 Å². The summed E-state index contributed by atoms with van der Waals surface area (Å²) < 4.78 is 11.1. The number of aryl methyl sites for hydroxylation is 1. The molecule has 4 heteroatoms. The van der Waals surface area contributed by atoms with Crippen LogP contribution in [0.15, 0.2) is 48.0 Å². The molecular formula is C22H23NO3. The fraction of sp³-hybridized carbons (Fsp3) is 0.273. The molecule has 0 radical (unpaired) electrons. The van der Waals surface area contributed by atoms with Crippen molar-refractivity contribution in [3.05, 3.63) is 64.7 Å². The number of rotatable bonds is 7. The molecule has 134 valence electrons. The number of methoxy groups -OCH3 is 1. The van der Waals surface area contributed by atoms with Gasteiger partial charge in [-0.25, -0.2) is 0 Å². The molecule has 2 aromatic carbocycles. The van der Waals surface area contributed by atoms with Gasteiger partial charge in [0.25, 0.3) is 0 Å². The predicted octanol–water partition coefficient (Wildman–Crippen LogP) is 4.83. The van der Waals surface area contributed by atoms with Gasteiger partial charge in [-0.05, 0) is 42.2 Å². The Balaban J connectivity index is 2.37. The molecule has 0 amide bonds. The fourth-order valence-corrected chi connectivity index (χ4v) is 2.44. The molecule has 4 nitrogen and oxygen atoms in total. The Morgan fingerprint density at radius 3 is 2.54 bits per heavy atom. The molecule has 0 saturated heterocycles. The second-order valence-corrected chi connectivity index (χ2v) is 6.43. The topological polar surface area (TPSA) is 59.3 Å². The van der Waals surface area contributed by atoms with Gasteiger partial charge in [-0.3, -0.25) is 4.79 Å². The van der Waals surface area contributed by atoms with Crippen LogP contribution in [0.3, 0.4) is 0 Å². The van der Waals surface area contributed by atoms with Crippen LogP contribution in [0, 0.1) is 24.2 Å². The lowest BCUT2D eigenvalue weighted by atomic mass is 9.98. The van der Waals surface area contributed by atoms with Gasteiger partial charge in [0, 0.05) is 5.56 Å². The maximum absolute atomic E-state index is 12.7. The number of ether oxygens (including phenoxy) is 2. The molecule has 2 rings (SSSR count). The summed E-state index contributed by atoms with van der Waals surface area (Å²) in [6, 6.07) is 14.6. The third-order valence-corrected chi connectivity index (χ3v) is 3.83. The van der Waals surface area contributed by atoms with Crippen molar-refractivity contribution < 1.29 is 14.3 Å². The first-order chi connectivity index (χ1) is 12.5. The number of allylic oxidation sites excluding steroid dienone is 1. The highest BCUT2D eigenvalue weighted by Crippen LogP contribution is 2.29. The first kappa shape index (κ1) is 19.3. The predicted molar refractivity (Wildman–Crippen MR) is 102 cm³/mol. The summed E-state index contributed by atoms with van der Waals surface area (Å²) in [5.74, 6) is 1.30. The van der Waals surface area contributed by atoms with Crippen molar-refractivity contribution in [3.63, 3.8) is 0 Å². The van der Waals surface area contributed by atoms with Crippen molar-refractivity contribution in [3.8, 4) is 17.6 Å². The molecular weight excluding hydrogens is 326 g/mol. The molecule has 0 aliphatic rings. The van der Waals surface area contributed by atoms with Crippen molar-refractivity contribution >= 4 is 11.9 Å². The number of ketones is 1. The van der Waals surface area contributed by atoms with Crippen LogP contribution >= 0.6 is 0 Å². The molecule has 0 fully saturated rings. The fourth-order valence-electron chi connectivity index (χ4n) is 2.44. The van der Waals surface area contributed by atoms with Gasteiger partial charge < -0.3 is 9.47 Å². The van der Waals surface area contributed by atoms with Crippen molar-refractivity contribution in [2.75, 3.05) is 13.7 Å². The molecule has 2 aromatic rings. The first-order valence-electron chi connectivity index (χ1n) is 8.49. The summed E-state index contributed by atoms with van der Waals surface area (Å²) in [6.45, 7) is 6.53. The Bertz CT molecular complexity index is 860. The van der Waals surface area contributed by atoms with Crippen LogP contribution in [-0.4, -0.2) is 19.5 Å². The normalized spacial score (nSPS) is 11.2. The zero-order valence-electron chi connectivity index (χ0n) is 15.6. The van der Waals surface area contributed by atoms with Crippen molar-refractivity contribution in [2.45, 2.75) is 20.8 Å². The van der Waals surface area contributed by atoms with E-state index in [1.54, 1.807) is 43.5 Å². The zero-order chi connectivity index (χ0) is 19.1. The lowest BCUT2D eigenvalue weighted by Gasteiger charge is -2.13. The van der Waals surface area contributed by atoms with E-state index in [-0.39, 0.29) is 11.4 Å². The van der Waals surface area contributed by atoms with E-state index < -0.39 is 0 Å². The Morgan fingerprint density at radius 1 is 1.19 bits per heavy atom. The van der Waals surface area contributed by atoms with E-state index in [4.69, 9.17) is 9.47 Å². The molecule has 0 saturated carbocycles. The Morgan fingerprint density at radius 2 is 1.92 bits per heavy atom. The number of hydrogen-bond acceptors (Lipinski definition) is 4. The number of nitriles is 1. The second-order valence-electron chi connectivity index (χ2n) is 6.43. The van der Waals surface area contributed by atoms with Gasteiger partial charge >= 0.3 is 0 Å². The highest BCUT2D eigenvalue weighted by atomic mass is 16.5. The summed E-state index contributed by atoms with van der Waals surface area (Å²) in [7, 11) is 1.58. The minimum Gasteiger partial charge on any atom is -0.493 e. The third kappa shape index (κ3) is 4.73. The molecule has 0 aromatic heterocycles. The van der Waals surface area contributed by atoms with E-state index in [1.165, 1.54) is 0 Å². The van der Waals surface area contributed by atoms with Crippen molar-refractivity contribution in [2.24, 2.45) is 5.92 Å². The highest BCUT2D eigenvalue weighted by molar-refractivity contribution is 6.14. The largest absolute Gasteiger partial charge is 0.493 e. The van der Waals surface area contributed by atoms with E-state index in [0.29, 0.717) is 35.2 Å². The number of benzene rings is 2. The van der Waals surface area contributed by atoms with Crippen LogP contribution < -0.4 is 9.47 Å². The van der Waals surface area contributed by atoms with Crippen LogP contribution in [-0.2, 0) is 0 Å². The third-order valence-electron chi connectivity index (χ3n) is 3.83. The van der Waals surface area contributed by atoms with Crippen molar-refractivity contribution in [1.29, 1.82) is 5.26 Å². The first-order valence-corrected chi connectivity index (χ1v) is 8.49. The zero-order valence-corrected chi connectivity index (χ0v) is 15.6. The Hall–Kier alpha value is -3.06. The molecule has 0 atom stereocenters. The van der Waals surface area contributed by atoms with Crippen LogP contribution in [0.25, 0.3) is 6.08 Å². The number of nitrogens with zero attached hydrogens (tertiary/aromatic N) is 1. The van der Waals surface area contributed by atoms with E-state index in [0.717, 1.165) is 5.56 Å². The van der Waals surface area contributed by atoms with E-state index in [9.17, 15) is 10.1 Å². The van der Waals surface area contributed by atoms with Gasteiger partial charge in [0.2, 0.25) is 5.78 Å². The molecule has 0 unspecified atom stereocenters. The lowest BCUT2D eigenvalue weighted by molar-refractivity contribution is 0.103. The Labute approximate surface area is 154 Å². The number of carbonyl (C=O) groups is 1. The van der Waals surface area contributed by atoms with Crippen LogP contribution in [0.4, 0.5) is 0 Å². The summed E-state index contributed by atoms with van der Waals surface area (Å²) >= 11 is 0. The van der Waals surface area contributed by atoms with Gasteiger partial charge in [-0.1, -0.05) is 44.2 Å². The number of Topliss-reactive ketones (excluding diaryl/α,β-unsaturated/α-hetero) is 1. The molecule has 0 bridgehead atoms. The monoisotopic (exact) mass is 349 g/mol. The van der Waals surface area contributed by atoms with E-state index in [1.807, 2.05) is 25.1 Å². The molecule has 0 N–H and O–H groups in total. The van der Waals surface area contributed by atoms with Crippen LogP contribution in [0.5, 0.6) is 11.5 Å². The van der Waals surface area contributed by atoms with Gasteiger partial charge in [0.05, 0.1) is 13.7 Å². The van der Waals surface area contributed by atoms with Gasteiger partial charge in [0.15, 0.2) is 11.5 Å². The van der Waals surface area contributed by atoms with Crippen molar-refractivity contribution in [1.82, 2.24) is 0 Å². The minimum absolute atomic E-state index is 0.0827. The quantitative estimate of drug-likeness (QED) is 0.408. The summed E-state index contributed by atoms with van der Waals surface area (Å²) in [6.07, 6.45) is 1.58. The molecule has 0 spiro atoms. The smallest absolute Gasteiger partial charge is 0.203 e. The maximum atomic E-state index is 12.7. The number of hydrogen-bond donors (Lipinski definition) is 0. The van der Waals surface area contributed by atoms with Crippen LogP contribution in [0.2, 0.25) is 0 Å². The van der Waals surface area contributed by atoms with Gasteiger partial charge in [-0.15, -0.1) is 0 Å². The van der Waals surface area contributed by atoms with E-state index in [2.05, 4.69) is 13.8 Å². The van der Waals surface area contributed by atoms with Gasteiger partial charge in [-0.2, -0.15) is 5.26 Å². The molecule has 0 aliphatic heterocycles. The maximum Gasteiger partial charge on any atom is 0.203 e. The summed E-state index contributed by atoms with van der Waals surface area (Å²) in [5.41, 5.74) is 2.17. The lowest BCUT2D eigenvalue weighted by Crippen LogP contribution is -2.06. The molecule has 26 heavy (non-hydrogen) atoms. The minimum atomic E-state index is -0.286. The summed E-state index contributed by atoms with van der Waals surface area (Å²) in [5, 5.41) is 9.46. The standard InChI is InChI=1S/C22H23NO3/c1-15(2)14-26-21-12-17(9-10-20(21)25-4)11-18(13-23)22(24)19-8-6-5-7-16(19)3/h5-12,15H,14H2,1-4H3/b18-11+. The average Bonchev–Trinajstić information content (AvgIpc) is 2.64. The number of carbonyl (C=O) groups excluding carboxylic acids is 1. The van der Waals surface area contributed by atoms with E-state index >= 15 is 0 Å².